The largest absolute Gasteiger partial charge is 0.126 e. The molecule has 0 aromatic heterocycles. The molecule has 1 rings (SSSR count). The summed E-state index contributed by atoms with van der Waals surface area (Å²) < 4.78 is 0. The Hall–Kier alpha value is -0.870. The molecule has 0 unspecified atom stereocenters. The molecule has 0 spiro atoms. The topological polar surface area (TPSA) is 0 Å². The van der Waals surface area contributed by atoms with E-state index in [9.17, 15) is 0 Å². The maximum absolute atomic E-state index is 3.27. The lowest BCUT2D eigenvalue weighted by molar-refractivity contribution is 0.827. The van der Waals surface area contributed by atoms with E-state index in [1.165, 1.54) is 23.3 Å². The van der Waals surface area contributed by atoms with E-state index < -0.39 is 0 Å². The molecule has 0 saturated heterocycles. The molecule has 1 aromatic rings. The van der Waals surface area contributed by atoms with Gasteiger partial charge in [0.05, 0.1) is 0 Å². The van der Waals surface area contributed by atoms with Crippen LogP contribution in [-0.4, -0.2) is 5.75 Å². The first-order valence-corrected chi connectivity index (χ1v) is 7.03. The minimum Gasteiger partial charge on any atom is -0.126 e. The van der Waals surface area contributed by atoms with Crippen molar-refractivity contribution in [3.8, 4) is 11.8 Å². The van der Waals surface area contributed by atoms with Gasteiger partial charge in [-0.05, 0) is 23.8 Å². The fraction of sp³-hybridized carbons (Fsp3) is 0.467. The third-order valence-electron chi connectivity index (χ3n) is 2.33. The molecular formula is C15H20S. The normalized spacial score (nSPS) is 9.62. The second-order valence-corrected chi connectivity index (χ2v) is 4.98. The number of hydrogen-bond acceptors (Lipinski definition) is 1. The minimum atomic E-state index is 0.896. The maximum atomic E-state index is 3.27. The van der Waals surface area contributed by atoms with Gasteiger partial charge in [-0.1, -0.05) is 44.4 Å². The Balaban J connectivity index is 2.54. The summed E-state index contributed by atoms with van der Waals surface area (Å²) >= 11 is 1.90. The minimum absolute atomic E-state index is 0.896. The van der Waals surface area contributed by atoms with Crippen molar-refractivity contribution in [1.82, 2.24) is 0 Å². The van der Waals surface area contributed by atoms with Crippen LogP contribution in [0.1, 0.15) is 38.7 Å². The van der Waals surface area contributed by atoms with Gasteiger partial charge >= 0.3 is 0 Å². The number of rotatable bonds is 5. The highest BCUT2D eigenvalue weighted by atomic mass is 32.2. The first-order chi connectivity index (χ1) is 7.88. The van der Waals surface area contributed by atoms with Crippen molar-refractivity contribution in [3.05, 3.63) is 29.8 Å². The van der Waals surface area contributed by atoms with Crippen molar-refractivity contribution >= 4 is 11.8 Å². The third kappa shape index (κ3) is 4.77. The zero-order valence-electron chi connectivity index (χ0n) is 10.3. The van der Waals surface area contributed by atoms with Crippen LogP contribution in [0.4, 0.5) is 0 Å². The molecule has 16 heavy (non-hydrogen) atoms. The predicted molar refractivity (Wildman–Crippen MR) is 73.8 cm³/mol. The van der Waals surface area contributed by atoms with Crippen molar-refractivity contribution in [3.63, 3.8) is 0 Å². The van der Waals surface area contributed by atoms with Crippen LogP contribution in [0.5, 0.6) is 0 Å². The first-order valence-electron chi connectivity index (χ1n) is 6.05. The van der Waals surface area contributed by atoms with Crippen LogP contribution in [0, 0.1) is 11.8 Å². The molecule has 0 aliphatic rings. The fourth-order valence-electron chi connectivity index (χ4n) is 1.46. The van der Waals surface area contributed by atoms with Crippen molar-refractivity contribution in [2.45, 2.75) is 44.4 Å². The maximum Gasteiger partial charge on any atom is 0.0351 e. The highest BCUT2D eigenvalue weighted by molar-refractivity contribution is 7.99. The van der Waals surface area contributed by atoms with Gasteiger partial charge in [0.25, 0.3) is 0 Å². The number of hydrogen-bond donors (Lipinski definition) is 0. The van der Waals surface area contributed by atoms with Crippen molar-refractivity contribution < 1.29 is 0 Å². The molecule has 0 nitrogen and oxygen atoms in total. The van der Waals surface area contributed by atoms with E-state index in [0.29, 0.717) is 0 Å². The molecular weight excluding hydrogens is 212 g/mol. The first kappa shape index (κ1) is 13.2. The van der Waals surface area contributed by atoms with E-state index >= 15 is 0 Å². The molecule has 0 aliphatic carbocycles. The van der Waals surface area contributed by atoms with E-state index in [2.05, 4.69) is 50.0 Å². The molecule has 0 amide bonds. The molecule has 0 radical (unpaired) electrons. The molecule has 1 heteroatoms. The molecule has 86 valence electrons. The summed E-state index contributed by atoms with van der Waals surface area (Å²) in [6.07, 6.45) is 4.39. The summed E-state index contributed by atoms with van der Waals surface area (Å²) in [5.41, 5.74) is 1.37. The lowest BCUT2D eigenvalue weighted by atomic mass is 10.1. The molecule has 0 saturated carbocycles. The predicted octanol–water partition coefficient (Wildman–Crippen LogP) is 4.53. The molecule has 0 heterocycles. The molecule has 0 fully saturated rings. The highest BCUT2D eigenvalue weighted by Gasteiger charge is 1.98. The average Bonchev–Trinajstić information content (AvgIpc) is 2.31. The van der Waals surface area contributed by atoms with Gasteiger partial charge in [-0.3, -0.25) is 0 Å². The van der Waals surface area contributed by atoms with Crippen LogP contribution in [0.25, 0.3) is 0 Å². The summed E-state index contributed by atoms with van der Waals surface area (Å²) in [5, 5.41) is 0. The van der Waals surface area contributed by atoms with Crippen LogP contribution in [-0.2, 0) is 6.42 Å². The second-order valence-electron chi connectivity index (χ2n) is 3.67. The van der Waals surface area contributed by atoms with E-state index in [4.69, 9.17) is 0 Å². The average molecular weight is 232 g/mol. The Bertz CT molecular complexity index is 357. The fourth-order valence-corrected chi connectivity index (χ4v) is 2.27. The second kappa shape index (κ2) is 8.30. The summed E-state index contributed by atoms with van der Waals surface area (Å²) in [6, 6.07) is 8.58. The SMILES string of the molecule is CCCCC#CCc1ccccc1SCC. The van der Waals surface area contributed by atoms with Gasteiger partial charge in [-0.15, -0.1) is 17.7 Å². The number of benzene rings is 1. The monoisotopic (exact) mass is 232 g/mol. The Morgan fingerprint density at radius 3 is 2.69 bits per heavy atom. The van der Waals surface area contributed by atoms with Gasteiger partial charge in [0.15, 0.2) is 0 Å². The lowest BCUT2D eigenvalue weighted by Gasteiger charge is -2.03. The van der Waals surface area contributed by atoms with Crippen LogP contribution >= 0.6 is 11.8 Å². The van der Waals surface area contributed by atoms with Crippen LogP contribution in [0.15, 0.2) is 29.2 Å². The van der Waals surface area contributed by atoms with Crippen LogP contribution in [0.3, 0.4) is 0 Å². The zero-order chi connectivity index (χ0) is 11.6. The van der Waals surface area contributed by atoms with E-state index in [-0.39, 0.29) is 0 Å². The molecule has 0 bridgehead atoms. The summed E-state index contributed by atoms with van der Waals surface area (Å²) in [6.45, 7) is 4.39. The van der Waals surface area contributed by atoms with Crippen molar-refractivity contribution in [2.24, 2.45) is 0 Å². The summed E-state index contributed by atoms with van der Waals surface area (Å²) in [4.78, 5) is 1.38. The summed E-state index contributed by atoms with van der Waals surface area (Å²) in [5.74, 6) is 7.64. The van der Waals surface area contributed by atoms with Crippen LogP contribution in [0.2, 0.25) is 0 Å². The quantitative estimate of drug-likeness (QED) is 0.408. The summed E-state index contributed by atoms with van der Waals surface area (Å²) in [7, 11) is 0. The Morgan fingerprint density at radius 2 is 1.94 bits per heavy atom. The third-order valence-corrected chi connectivity index (χ3v) is 3.33. The molecule has 0 aliphatic heterocycles. The van der Waals surface area contributed by atoms with Crippen LogP contribution < -0.4 is 0 Å². The Kier molecular flexibility index (Phi) is 6.85. The lowest BCUT2D eigenvalue weighted by Crippen LogP contribution is -1.86. The van der Waals surface area contributed by atoms with Gasteiger partial charge in [-0.25, -0.2) is 0 Å². The highest BCUT2D eigenvalue weighted by Crippen LogP contribution is 2.22. The van der Waals surface area contributed by atoms with E-state index in [1.54, 1.807) is 0 Å². The molecule has 0 N–H and O–H groups in total. The smallest absolute Gasteiger partial charge is 0.0351 e. The van der Waals surface area contributed by atoms with E-state index in [1.807, 2.05) is 11.8 Å². The van der Waals surface area contributed by atoms with E-state index in [0.717, 1.165) is 18.6 Å². The van der Waals surface area contributed by atoms with Gasteiger partial charge in [-0.2, -0.15) is 0 Å². The standard InChI is InChI=1S/C15H20S/c1-3-5-6-7-8-11-14-12-9-10-13-15(14)16-4-2/h9-10,12-13H,3-6,11H2,1-2H3. The number of thioether (sulfide) groups is 1. The van der Waals surface area contributed by atoms with Gasteiger partial charge in [0.2, 0.25) is 0 Å². The Morgan fingerprint density at radius 1 is 1.12 bits per heavy atom. The van der Waals surface area contributed by atoms with Crippen molar-refractivity contribution in [2.75, 3.05) is 5.75 Å². The number of unbranched alkanes of at least 4 members (excludes halogenated alkanes) is 2. The molecule has 1 aromatic carbocycles. The zero-order valence-corrected chi connectivity index (χ0v) is 11.1. The Labute approximate surface area is 104 Å². The van der Waals surface area contributed by atoms with Crippen molar-refractivity contribution in [1.29, 1.82) is 0 Å². The van der Waals surface area contributed by atoms with Gasteiger partial charge in [0, 0.05) is 17.7 Å². The van der Waals surface area contributed by atoms with Gasteiger partial charge < -0.3 is 0 Å². The van der Waals surface area contributed by atoms with Gasteiger partial charge in [0.1, 0.15) is 0 Å². The molecule has 0 atom stereocenters.